The normalized spacial score (nSPS) is 10.9. The van der Waals surface area contributed by atoms with Crippen LogP contribution in [-0.2, 0) is 0 Å². The summed E-state index contributed by atoms with van der Waals surface area (Å²) in [5, 5.41) is 5.23. The molecule has 0 atom stereocenters. The molecule has 4 rings (SSSR count). The molecule has 0 amide bonds. The van der Waals surface area contributed by atoms with Gasteiger partial charge in [-0.3, -0.25) is 0 Å². The van der Waals surface area contributed by atoms with Crippen LogP contribution in [-0.4, -0.2) is 32.8 Å². The van der Waals surface area contributed by atoms with Gasteiger partial charge < -0.3 is 9.64 Å². The number of fused-ring (bicyclic) bond motifs is 1. The lowest BCUT2D eigenvalue weighted by atomic mass is 10.2. The van der Waals surface area contributed by atoms with Crippen LogP contribution in [0.3, 0.4) is 0 Å². The second-order valence-electron chi connectivity index (χ2n) is 6.06. The van der Waals surface area contributed by atoms with Crippen LogP contribution in [0.2, 0.25) is 0 Å². The van der Waals surface area contributed by atoms with Crippen LogP contribution < -0.4 is 9.64 Å². The first-order valence-corrected chi connectivity index (χ1v) is 9.08. The van der Waals surface area contributed by atoms with Gasteiger partial charge in [0.05, 0.1) is 5.52 Å². The number of hydrogen-bond acceptors (Lipinski definition) is 5. The molecule has 0 saturated heterocycles. The Balaban J connectivity index is 1.83. The lowest BCUT2D eigenvalue weighted by molar-refractivity contribution is 0.483. The van der Waals surface area contributed by atoms with Gasteiger partial charge in [0.1, 0.15) is 17.3 Å². The van der Waals surface area contributed by atoms with Gasteiger partial charge in [-0.1, -0.05) is 18.2 Å². The second-order valence-corrected chi connectivity index (χ2v) is 6.06. The number of hydrogen-bond donors (Lipinski definition) is 0. The molecule has 0 fully saturated rings. The molecule has 0 radical (unpaired) electrons. The van der Waals surface area contributed by atoms with Gasteiger partial charge in [0, 0.05) is 30.9 Å². The van der Waals surface area contributed by atoms with Gasteiger partial charge in [-0.05, 0) is 50.2 Å². The molecular weight excluding hydrogens is 338 g/mol. The Labute approximate surface area is 158 Å². The topological polar surface area (TPSA) is 56.1 Å². The highest BCUT2D eigenvalue weighted by Crippen LogP contribution is 2.30. The van der Waals surface area contributed by atoms with E-state index < -0.39 is 0 Å². The van der Waals surface area contributed by atoms with Crippen molar-refractivity contribution >= 4 is 16.7 Å². The summed E-state index contributed by atoms with van der Waals surface area (Å²) in [4.78, 5) is 11.7. The highest BCUT2D eigenvalue weighted by Gasteiger charge is 2.15. The third-order valence-electron chi connectivity index (χ3n) is 4.39. The summed E-state index contributed by atoms with van der Waals surface area (Å²) in [6, 6.07) is 17.5. The number of ether oxygens (including phenoxy) is 1. The summed E-state index contributed by atoms with van der Waals surface area (Å²) in [7, 11) is 0. The molecule has 136 valence electrons. The van der Waals surface area contributed by atoms with Gasteiger partial charge in [0.2, 0.25) is 0 Å². The monoisotopic (exact) mass is 359 g/mol. The van der Waals surface area contributed by atoms with Crippen molar-refractivity contribution in [2.45, 2.75) is 13.8 Å². The maximum absolute atomic E-state index is 6.00. The zero-order chi connectivity index (χ0) is 18.6. The fourth-order valence-electron chi connectivity index (χ4n) is 3.02. The van der Waals surface area contributed by atoms with E-state index in [0.717, 1.165) is 41.3 Å². The third-order valence-corrected chi connectivity index (χ3v) is 4.39. The lowest BCUT2D eigenvalue weighted by Crippen LogP contribution is -2.24. The van der Waals surface area contributed by atoms with E-state index in [1.165, 1.54) is 0 Å². The second kappa shape index (κ2) is 7.45. The minimum atomic E-state index is 0.561. The Morgan fingerprint density at radius 3 is 2.44 bits per heavy atom. The molecule has 0 saturated carbocycles. The van der Waals surface area contributed by atoms with Gasteiger partial charge in [-0.25, -0.2) is 9.67 Å². The number of aromatic nitrogens is 4. The van der Waals surface area contributed by atoms with Crippen LogP contribution in [0, 0.1) is 0 Å². The zero-order valence-corrected chi connectivity index (χ0v) is 15.4. The van der Waals surface area contributed by atoms with Crippen molar-refractivity contribution < 1.29 is 4.74 Å². The molecule has 2 heterocycles. The van der Waals surface area contributed by atoms with Crippen LogP contribution in [0.4, 0.5) is 5.82 Å². The van der Waals surface area contributed by atoms with Gasteiger partial charge >= 0.3 is 0 Å². The van der Waals surface area contributed by atoms with Crippen molar-refractivity contribution in [3.8, 4) is 17.4 Å². The molecule has 0 aliphatic heterocycles. The van der Waals surface area contributed by atoms with Crippen molar-refractivity contribution in [1.29, 1.82) is 0 Å². The standard InChI is InChI=1S/C21H21N5O/c1-3-25(4-2)20-18-15-17(27-16-9-6-5-7-10-16)11-12-19(18)23-21(24-20)26-14-8-13-22-26/h5-15H,3-4H2,1-2H3. The predicted molar refractivity (Wildman–Crippen MR) is 107 cm³/mol. The summed E-state index contributed by atoms with van der Waals surface area (Å²) < 4.78 is 7.68. The number of para-hydroxylation sites is 1. The van der Waals surface area contributed by atoms with E-state index >= 15 is 0 Å². The first kappa shape index (κ1) is 17.0. The number of benzene rings is 2. The lowest BCUT2D eigenvalue weighted by Gasteiger charge is -2.22. The van der Waals surface area contributed by atoms with Crippen LogP contribution in [0.25, 0.3) is 16.9 Å². The molecule has 2 aromatic carbocycles. The average Bonchev–Trinajstić information content (AvgIpc) is 3.24. The fraction of sp³-hybridized carbons (Fsp3) is 0.190. The molecule has 0 aliphatic carbocycles. The SMILES string of the molecule is CCN(CC)c1nc(-n2cccn2)nc2ccc(Oc3ccccc3)cc12. The van der Waals surface area contributed by atoms with Gasteiger partial charge in [0.15, 0.2) is 0 Å². The summed E-state index contributed by atoms with van der Waals surface area (Å²) in [6.45, 7) is 5.94. The van der Waals surface area contributed by atoms with Crippen molar-refractivity contribution in [1.82, 2.24) is 19.7 Å². The van der Waals surface area contributed by atoms with E-state index in [9.17, 15) is 0 Å². The maximum Gasteiger partial charge on any atom is 0.253 e. The van der Waals surface area contributed by atoms with Crippen LogP contribution in [0.1, 0.15) is 13.8 Å². The quantitative estimate of drug-likeness (QED) is 0.509. The maximum atomic E-state index is 6.00. The molecule has 6 heteroatoms. The number of nitrogens with zero attached hydrogens (tertiary/aromatic N) is 5. The molecule has 0 spiro atoms. The minimum absolute atomic E-state index is 0.561. The Morgan fingerprint density at radius 2 is 1.74 bits per heavy atom. The van der Waals surface area contributed by atoms with Crippen molar-refractivity contribution in [2.75, 3.05) is 18.0 Å². The fourth-order valence-corrected chi connectivity index (χ4v) is 3.02. The largest absolute Gasteiger partial charge is 0.457 e. The highest BCUT2D eigenvalue weighted by molar-refractivity contribution is 5.91. The predicted octanol–water partition coefficient (Wildman–Crippen LogP) is 4.45. The van der Waals surface area contributed by atoms with Crippen molar-refractivity contribution in [3.05, 3.63) is 67.0 Å². The van der Waals surface area contributed by atoms with E-state index in [4.69, 9.17) is 9.72 Å². The van der Waals surface area contributed by atoms with Crippen molar-refractivity contribution in [3.63, 3.8) is 0 Å². The Morgan fingerprint density at radius 1 is 0.926 bits per heavy atom. The van der Waals surface area contributed by atoms with Crippen molar-refractivity contribution in [2.24, 2.45) is 0 Å². The van der Waals surface area contributed by atoms with E-state index in [0.29, 0.717) is 5.95 Å². The molecule has 27 heavy (non-hydrogen) atoms. The van der Waals surface area contributed by atoms with Crippen LogP contribution in [0.15, 0.2) is 67.0 Å². The van der Waals surface area contributed by atoms with E-state index in [1.807, 2.05) is 60.8 Å². The molecule has 2 aromatic heterocycles. The molecular formula is C21H21N5O. The number of anilines is 1. The zero-order valence-electron chi connectivity index (χ0n) is 15.4. The summed E-state index contributed by atoms with van der Waals surface area (Å²) in [5.74, 6) is 3.01. The summed E-state index contributed by atoms with van der Waals surface area (Å²) in [6.07, 6.45) is 3.57. The molecule has 6 nitrogen and oxygen atoms in total. The highest BCUT2D eigenvalue weighted by atomic mass is 16.5. The minimum Gasteiger partial charge on any atom is -0.457 e. The number of rotatable bonds is 6. The molecule has 4 aromatic rings. The Kier molecular flexibility index (Phi) is 4.70. The van der Waals surface area contributed by atoms with Crippen LogP contribution >= 0.6 is 0 Å². The molecule has 0 N–H and O–H groups in total. The van der Waals surface area contributed by atoms with Gasteiger partial charge in [-0.2, -0.15) is 10.1 Å². The first-order valence-electron chi connectivity index (χ1n) is 9.08. The third kappa shape index (κ3) is 3.46. The van der Waals surface area contributed by atoms with E-state index in [-0.39, 0.29) is 0 Å². The Bertz CT molecular complexity index is 1030. The van der Waals surface area contributed by atoms with Gasteiger partial charge in [-0.15, -0.1) is 0 Å². The summed E-state index contributed by atoms with van der Waals surface area (Å²) in [5.41, 5.74) is 0.859. The smallest absolute Gasteiger partial charge is 0.253 e. The molecule has 0 aliphatic rings. The molecule has 0 unspecified atom stereocenters. The van der Waals surface area contributed by atoms with E-state index in [1.54, 1.807) is 10.9 Å². The summed E-state index contributed by atoms with van der Waals surface area (Å²) >= 11 is 0. The van der Waals surface area contributed by atoms with Crippen LogP contribution in [0.5, 0.6) is 11.5 Å². The molecule has 0 bridgehead atoms. The Hall–Kier alpha value is -3.41. The first-order chi connectivity index (χ1) is 13.3. The average molecular weight is 359 g/mol. The van der Waals surface area contributed by atoms with Gasteiger partial charge in [0.25, 0.3) is 5.95 Å². The van der Waals surface area contributed by atoms with E-state index in [2.05, 4.69) is 28.8 Å².